The minimum absolute atomic E-state index is 0.0643. The van der Waals surface area contributed by atoms with Crippen molar-refractivity contribution < 1.29 is 14.3 Å². The Kier molecular flexibility index (Phi) is 5.22. The molecule has 0 fully saturated rings. The Balaban J connectivity index is 1.36. The molecule has 3 aromatic rings. The van der Waals surface area contributed by atoms with Crippen molar-refractivity contribution in [3.63, 3.8) is 0 Å². The van der Waals surface area contributed by atoms with Crippen molar-refractivity contribution in [1.82, 2.24) is 9.97 Å². The second-order valence-electron chi connectivity index (χ2n) is 8.82. The van der Waals surface area contributed by atoms with Gasteiger partial charge in [0, 0.05) is 28.8 Å². The van der Waals surface area contributed by atoms with Crippen LogP contribution in [0.1, 0.15) is 48.5 Å². The van der Waals surface area contributed by atoms with Gasteiger partial charge in [0.15, 0.2) is 23.2 Å². The SMILES string of the molecule is CC1(C)Cc2cccc(OCC(=O)N(Cc3ccc[nH]3)c3nc4c(s3)CCCC4)c2O1. The van der Waals surface area contributed by atoms with Crippen molar-refractivity contribution in [2.75, 3.05) is 11.5 Å². The number of para-hydroxylation sites is 1. The highest BCUT2D eigenvalue weighted by Crippen LogP contribution is 2.41. The maximum atomic E-state index is 13.3. The molecular weight excluding hydrogens is 410 g/mol. The summed E-state index contributed by atoms with van der Waals surface area (Å²) in [6.45, 7) is 4.50. The first-order valence-electron chi connectivity index (χ1n) is 10.8. The number of aromatic amines is 1. The highest BCUT2D eigenvalue weighted by Gasteiger charge is 2.32. The molecule has 6 nitrogen and oxygen atoms in total. The molecule has 0 atom stereocenters. The van der Waals surface area contributed by atoms with Gasteiger partial charge in [-0.2, -0.15) is 0 Å². The van der Waals surface area contributed by atoms with Gasteiger partial charge in [-0.1, -0.05) is 12.1 Å². The number of hydrogen-bond donors (Lipinski definition) is 1. The van der Waals surface area contributed by atoms with Crippen LogP contribution < -0.4 is 14.4 Å². The number of H-pyrrole nitrogens is 1. The maximum Gasteiger partial charge on any atom is 0.267 e. The molecule has 0 saturated carbocycles. The van der Waals surface area contributed by atoms with Gasteiger partial charge < -0.3 is 14.5 Å². The number of fused-ring (bicyclic) bond motifs is 2. The summed E-state index contributed by atoms with van der Waals surface area (Å²) in [6, 6.07) is 9.79. The number of rotatable bonds is 6. The number of nitrogens with zero attached hydrogens (tertiary/aromatic N) is 2. The Morgan fingerprint density at radius 3 is 2.94 bits per heavy atom. The average Bonchev–Trinajstić information content (AvgIpc) is 3.46. The number of aryl methyl sites for hydroxylation is 2. The zero-order valence-corrected chi connectivity index (χ0v) is 18.8. The van der Waals surface area contributed by atoms with Crippen molar-refractivity contribution in [3.05, 3.63) is 58.4 Å². The Bertz CT molecular complexity index is 1060. The number of nitrogens with one attached hydrogen (secondary N) is 1. The van der Waals surface area contributed by atoms with E-state index in [9.17, 15) is 4.79 Å². The molecular formula is C24H27N3O3S. The summed E-state index contributed by atoms with van der Waals surface area (Å²) in [5, 5.41) is 0.755. The van der Waals surface area contributed by atoms with Gasteiger partial charge in [0.05, 0.1) is 12.2 Å². The van der Waals surface area contributed by atoms with Crippen molar-refractivity contribution in [3.8, 4) is 11.5 Å². The van der Waals surface area contributed by atoms with E-state index in [1.165, 1.54) is 17.7 Å². The van der Waals surface area contributed by atoms with Crippen LogP contribution in [-0.4, -0.2) is 28.1 Å². The molecule has 0 spiro atoms. The van der Waals surface area contributed by atoms with E-state index in [4.69, 9.17) is 14.5 Å². The summed E-state index contributed by atoms with van der Waals surface area (Å²) in [7, 11) is 0. The van der Waals surface area contributed by atoms with E-state index < -0.39 is 0 Å². The van der Waals surface area contributed by atoms with E-state index in [-0.39, 0.29) is 18.1 Å². The largest absolute Gasteiger partial charge is 0.483 e. The molecule has 1 aromatic carbocycles. The minimum Gasteiger partial charge on any atom is -0.483 e. The lowest BCUT2D eigenvalue weighted by Crippen LogP contribution is -2.34. The van der Waals surface area contributed by atoms with Gasteiger partial charge in [-0.3, -0.25) is 9.69 Å². The number of carbonyl (C=O) groups is 1. The van der Waals surface area contributed by atoms with Crippen molar-refractivity contribution in [2.24, 2.45) is 0 Å². The number of benzene rings is 1. The van der Waals surface area contributed by atoms with E-state index in [1.54, 1.807) is 16.2 Å². The third-order valence-corrected chi connectivity index (χ3v) is 6.94. The molecule has 1 amide bonds. The first-order chi connectivity index (χ1) is 15.0. The fourth-order valence-electron chi connectivity index (χ4n) is 4.27. The van der Waals surface area contributed by atoms with Crippen molar-refractivity contribution in [1.29, 1.82) is 0 Å². The van der Waals surface area contributed by atoms with Gasteiger partial charge in [0.2, 0.25) is 0 Å². The quantitative estimate of drug-likeness (QED) is 0.608. The number of hydrogen-bond acceptors (Lipinski definition) is 5. The van der Waals surface area contributed by atoms with Crippen LogP contribution in [0.4, 0.5) is 5.13 Å². The van der Waals surface area contributed by atoms with E-state index in [2.05, 4.69) is 24.9 Å². The number of anilines is 1. The zero-order chi connectivity index (χ0) is 21.4. The summed E-state index contributed by atoms with van der Waals surface area (Å²) in [4.78, 5) is 24.4. The van der Waals surface area contributed by atoms with E-state index >= 15 is 0 Å². The summed E-state index contributed by atoms with van der Waals surface area (Å²) in [5.41, 5.74) is 2.97. The zero-order valence-electron chi connectivity index (χ0n) is 17.9. The molecule has 2 aliphatic rings. The molecule has 162 valence electrons. The van der Waals surface area contributed by atoms with Crippen molar-refractivity contribution in [2.45, 2.75) is 58.1 Å². The van der Waals surface area contributed by atoms with Gasteiger partial charge in [0.1, 0.15) is 5.60 Å². The molecule has 1 aliphatic heterocycles. The summed E-state index contributed by atoms with van der Waals surface area (Å²) >= 11 is 1.63. The van der Waals surface area contributed by atoms with Gasteiger partial charge >= 0.3 is 0 Å². The molecule has 1 N–H and O–H groups in total. The molecule has 2 aromatic heterocycles. The Morgan fingerprint density at radius 1 is 1.26 bits per heavy atom. The van der Waals surface area contributed by atoms with Gasteiger partial charge in [-0.15, -0.1) is 11.3 Å². The first kappa shape index (κ1) is 20.1. The molecule has 5 rings (SSSR count). The number of aromatic nitrogens is 2. The van der Waals surface area contributed by atoms with Gasteiger partial charge in [-0.05, 0) is 57.7 Å². The summed E-state index contributed by atoms with van der Waals surface area (Å²) in [6.07, 6.45) is 7.11. The normalized spacial score (nSPS) is 16.3. The van der Waals surface area contributed by atoms with Crippen LogP contribution >= 0.6 is 11.3 Å². The molecule has 1 aliphatic carbocycles. The number of amides is 1. The van der Waals surface area contributed by atoms with E-state index in [1.807, 2.05) is 30.5 Å². The van der Waals surface area contributed by atoms with E-state index in [0.717, 1.165) is 47.1 Å². The number of thiazole rings is 1. The second kappa shape index (κ2) is 8.04. The molecule has 0 unspecified atom stereocenters. The molecule has 7 heteroatoms. The topological polar surface area (TPSA) is 67.5 Å². The fourth-order valence-corrected chi connectivity index (χ4v) is 5.44. The minimum atomic E-state index is -0.259. The first-order valence-corrected chi connectivity index (χ1v) is 11.6. The van der Waals surface area contributed by atoms with Gasteiger partial charge in [0.25, 0.3) is 5.91 Å². The smallest absolute Gasteiger partial charge is 0.267 e. The summed E-state index contributed by atoms with van der Waals surface area (Å²) < 4.78 is 12.1. The molecule has 31 heavy (non-hydrogen) atoms. The standard InChI is InChI=1S/C24H27N3O3S/c1-24(2)13-16-7-5-10-19(22(16)30-24)29-15-21(28)27(14-17-8-6-12-25-17)23-26-18-9-3-4-11-20(18)31-23/h5-8,10,12,25H,3-4,9,11,13-15H2,1-2H3. The van der Waals surface area contributed by atoms with Crippen LogP contribution in [0.15, 0.2) is 36.5 Å². The lowest BCUT2D eigenvalue weighted by Gasteiger charge is -2.21. The maximum absolute atomic E-state index is 13.3. The van der Waals surface area contributed by atoms with Crippen LogP contribution in [-0.2, 0) is 30.6 Å². The average molecular weight is 438 g/mol. The van der Waals surface area contributed by atoms with Crippen LogP contribution in [0.25, 0.3) is 0 Å². The third kappa shape index (κ3) is 4.19. The highest BCUT2D eigenvalue weighted by molar-refractivity contribution is 7.15. The Hall–Kier alpha value is -2.80. The molecule has 0 radical (unpaired) electrons. The summed E-state index contributed by atoms with van der Waals surface area (Å²) in [5.74, 6) is 1.26. The fraction of sp³-hybridized carbons (Fsp3) is 0.417. The lowest BCUT2D eigenvalue weighted by molar-refractivity contribution is -0.120. The molecule has 0 bridgehead atoms. The van der Waals surface area contributed by atoms with Gasteiger partial charge in [-0.25, -0.2) is 4.98 Å². The predicted molar refractivity (Wildman–Crippen MR) is 121 cm³/mol. The Morgan fingerprint density at radius 2 is 2.13 bits per heavy atom. The monoisotopic (exact) mass is 437 g/mol. The predicted octanol–water partition coefficient (Wildman–Crippen LogP) is 4.68. The van der Waals surface area contributed by atoms with Crippen molar-refractivity contribution >= 4 is 22.4 Å². The van der Waals surface area contributed by atoms with Crippen LogP contribution in [0.2, 0.25) is 0 Å². The van der Waals surface area contributed by atoms with Crippen LogP contribution in [0.5, 0.6) is 11.5 Å². The Labute approximate surface area is 186 Å². The highest BCUT2D eigenvalue weighted by atomic mass is 32.1. The number of ether oxygens (including phenoxy) is 2. The second-order valence-corrected chi connectivity index (χ2v) is 9.88. The third-order valence-electron chi connectivity index (χ3n) is 5.76. The van der Waals surface area contributed by atoms with Crippen LogP contribution in [0, 0.1) is 0 Å². The van der Waals surface area contributed by atoms with E-state index in [0.29, 0.717) is 12.3 Å². The lowest BCUT2D eigenvalue weighted by atomic mass is 10.0. The number of carbonyl (C=O) groups excluding carboxylic acids is 1. The van der Waals surface area contributed by atoms with Crippen LogP contribution in [0.3, 0.4) is 0 Å². The molecule has 3 heterocycles. The molecule has 0 saturated heterocycles.